The fraction of sp³-hybridized carbons (Fsp3) is 0.625. The summed E-state index contributed by atoms with van der Waals surface area (Å²) in [6.45, 7) is 8.34. The van der Waals surface area contributed by atoms with Gasteiger partial charge < -0.3 is 15.1 Å². The monoisotopic (exact) mass is 445 g/mol. The van der Waals surface area contributed by atoms with Crippen LogP contribution in [0.2, 0.25) is 0 Å². The number of carbonyl (C=O) groups excluding carboxylic acids is 3. The van der Waals surface area contributed by atoms with Crippen molar-refractivity contribution in [2.75, 3.05) is 33.7 Å². The number of hydrazine groups is 1. The van der Waals surface area contributed by atoms with Crippen molar-refractivity contribution in [3.63, 3.8) is 0 Å². The summed E-state index contributed by atoms with van der Waals surface area (Å²) in [7, 11) is 3.68. The largest absolute Gasteiger partial charge is 0.337 e. The molecule has 1 aromatic rings. The van der Waals surface area contributed by atoms with Crippen LogP contribution in [0.3, 0.4) is 0 Å². The van der Waals surface area contributed by atoms with Crippen LogP contribution in [0.25, 0.3) is 0 Å². The molecule has 32 heavy (non-hydrogen) atoms. The Balaban J connectivity index is 0.000000336. The lowest BCUT2D eigenvalue weighted by Gasteiger charge is -2.54. The molecule has 0 aromatic heterocycles. The highest BCUT2D eigenvalue weighted by atomic mass is 16.2. The van der Waals surface area contributed by atoms with Gasteiger partial charge in [-0.2, -0.15) is 0 Å². The highest BCUT2D eigenvalue weighted by Gasteiger charge is 2.48. The molecular formula is C24H39N5O3. The number of piperazine rings is 1. The molecule has 0 radical (unpaired) electrons. The van der Waals surface area contributed by atoms with Crippen LogP contribution in [0.1, 0.15) is 45.6 Å². The summed E-state index contributed by atoms with van der Waals surface area (Å²) in [6, 6.07) is 9.88. The van der Waals surface area contributed by atoms with Gasteiger partial charge in [-0.1, -0.05) is 57.5 Å². The first-order valence-corrected chi connectivity index (χ1v) is 11.6. The Morgan fingerprint density at radius 3 is 2.44 bits per heavy atom. The Bertz CT molecular complexity index is 742. The zero-order valence-electron chi connectivity index (χ0n) is 20.2. The molecule has 2 saturated heterocycles. The first-order chi connectivity index (χ1) is 15.3. The molecule has 2 aliphatic heterocycles. The van der Waals surface area contributed by atoms with Gasteiger partial charge in [-0.25, -0.2) is 5.01 Å². The number of unbranched alkanes of at least 4 members (excludes halogenated alkanes) is 1. The maximum Gasteiger partial charge on any atom is 0.245 e. The van der Waals surface area contributed by atoms with Crippen molar-refractivity contribution in [1.29, 1.82) is 0 Å². The molecule has 1 unspecified atom stereocenters. The maximum atomic E-state index is 12.9. The minimum absolute atomic E-state index is 0.0205. The number of hydrogen-bond acceptors (Lipinski definition) is 5. The molecule has 8 heteroatoms. The van der Waals surface area contributed by atoms with Crippen molar-refractivity contribution in [3.8, 4) is 0 Å². The van der Waals surface area contributed by atoms with Crippen molar-refractivity contribution in [3.05, 3.63) is 35.9 Å². The van der Waals surface area contributed by atoms with Gasteiger partial charge in [-0.15, -0.1) is 0 Å². The Morgan fingerprint density at radius 2 is 1.88 bits per heavy atom. The fourth-order valence-corrected chi connectivity index (χ4v) is 4.21. The van der Waals surface area contributed by atoms with E-state index >= 15 is 0 Å². The fourth-order valence-electron chi connectivity index (χ4n) is 4.21. The van der Waals surface area contributed by atoms with Crippen molar-refractivity contribution in [2.24, 2.45) is 5.92 Å². The average Bonchev–Trinajstić information content (AvgIpc) is 2.76. The first-order valence-electron chi connectivity index (χ1n) is 11.6. The summed E-state index contributed by atoms with van der Waals surface area (Å²) in [5.41, 5.74) is 1.33. The van der Waals surface area contributed by atoms with Crippen LogP contribution in [0.4, 0.5) is 0 Å². The summed E-state index contributed by atoms with van der Waals surface area (Å²) >= 11 is 0. The molecule has 2 fully saturated rings. The lowest BCUT2D eigenvalue weighted by Crippen LogP contribution is -2.74. The topological polar surface area (TPSA) is 76.2 Å². The van der Waals surface area contributed by atoms with Gasteiger partial charge in [0.05, 0.1) is 13.1 Å². The summed E-state index contributed by atoms with van der Waals surface area (Å²) in [6.07, 6.45) is 2.92. The quantitative estimate of drug-likeness (QED) is 0.619. The van der Waals surface area contributed by atoms with E-state index in [2.05, 4.69) is 24.4 Å². The number of nitrogens with one attached hydrogen (secondary N) is 1. The molecule has 3 amide bonds. The Kier molecular flexibility index (Phi) is 10.1. The second-order valence-electron chi connectivity index (χ2n) is 8.88. The first kappa shape index (κ1) is 25.8. The van der Waals surface area contributed by atoms with E-state index in [0.29, 0.717) is 25.4 Å². The molecule has 0 aliphatic carbocycles. The van der Waals surface area contributed by atoms with Crippen LogP contribution >= 0.6 is 0 Å². The van der Waals surface area contributed by atoms with E-state index in [9.17, 15) is 14.4 Å². The lowest BCUT2D eigenvalue weighted by molar-refractivity contribution is -0.197. The maximum absolute atomic E-state index is 12.9. The van der Waals surface area contributed by atoms with Gasteiger partial charge in [0.2, 0.25) is 18.2 Å². The predicted molar refractivity (Wildman–Crippen MR) is 125 cm³/mol. The standard InChI is InChI=1S/C16H28N4O3.C8H11N/c1-5-6-7-18-9-14-19(11-21)17(4)10-15(22)20(14)13(16(18)23)8-12(2)3;1-9-7-8-5-3-2-4-6-8/h11-14H,5-10H2,1-4H3;2-6,9H,7H2,1H3/t13-,14?;/m0./s1. The smallest absolute Gasteiger partial charge is 0.245 e. The second kappa shape index (κ2) is 12.6. The highest BCUT2D eigenvalue weighted by molar-refractivity contribution is 5.90. The minimum Gasteiger partial charge on any atom is -0.337 e. The van der Waals surface area contributed by atoms with Gasteiger partial charge in [0.15, 0.2) is 0 Å². The van der Waals surface area contributed by atoms with E-state index in [4.69, 9.17) is 0 Å². The number of nitrogens with zero attached hydrogens (tertiary/aromatic N) is 4. The number of rotatable bonds is 8. The summed E-state index contributed by atoms with van der Waals surface area (Å²) in [4.78, 5) is 40.3. The number of benzene rings is 1. The normalized spacial score (nSPS) is 21.4. The van der Waals surface area contributed by atoms with Gasteiger partial charge >= 0.3 is 0 Å². The molecular weight excluding hydrogens is 406 g/mol. The third kappa shape index (κ3) is 6.53. The molecule has 2 atom stereocenters. The predicted octanol–water partition coefficient (Wildman–Crippen LogP) is 1.92. The second-order valence-corrected chi connectivity index (χ2v) is 8.88. The van der Waals surface area contributed by atoms with Crippen molar-refractivity contribution in [2.45, 2.75) is 58.8 Å². The third-order valence-electron chi connectivity index (χ3n) is 5.80. The number of carbonyl (C=O) groups is 3. The summed E-state index contributed by atoms with van der Waals surface area (Å²) in [5.74, 6) is 0.241. The SMILES string of the molecule is CCCCN1CC2N(C(=O)CN(C)N2C=O)[C@@H](CC(C)C)C1=O.CNCc1ccccc1. The lowest BCUT2D eigenvalue weighted by atomic mass is 9.97. The molecule has 1 N–H and O–H groups in total. The molecule has 1 aromatic carbocycles. The molecule has 0 bridgehead atoms. The number of fused-ring (bicyclic) bond motifs is 1. The summed E-state index contributed by atoms with van der Waals surface area (Å²) < 4.78 is 0. The van der Waals surface area contributed by atoms with E-state index in [-0.39, 0.29) is 18.4 Å². The van der Waals surface area contributed by atoms with Gasteiger partial charge in [-0.05, 0) is 31.4 Å². The molecule has 8 nitrogen and oxygen atoms in total. The molecule has 2 aliphatic rings. The van der Waals surface area contributed by atoms with E-state index in [1.54, 1.807) is 22.0 Å². The van der Waals surface area contributed by atoms with Crippen LogP contribution in [0.5, 0.6) is 0 Å². The number of amides is 3. The molecule has 178 valence electrons. The molecule has 3 rings (SSSR count). The van der Waals surface area contributed by atoms with Gasteiger partial charge in [0.1, 0.15) is 12.2 Å². The third-order valence-corrected chi connectivity index (χ3v) is 5.80. The number of likely N-dealkylation sites (N-methyl/N-ethyl adjacent to an activating group) is 1. The van der Waals surface area contributed by atoms with Gasteiger partial charge in [0.25, 0.3) is 0 Å². The molecule has 2 heterocycles. The van der Waals surface area contributed by atoms with Crippen LogP contribution in [-0.4, -0.2) is 84.0 Å². The van der Waals surface area contributed by atoms with Crippen molar-refractivity contribution >= 4 is 18.2 Å². The van der Waals surface area contributed by atoms with Crippen LogP contribution in [0, 0.1) is 5.92 Å². The number of hydrogen-bond donors (Lipinski definition) is 1. The Hall–Kier alpha value is -2.45. The van der Waals surface area contributed by atoms with Crippen molar-refractivity contribution < 1.29 is 14.4 Å². The van der Waals surface area contributed by atoms with Crippen molar-refractivity contribution in [1.82, 2.24) is 25.1 Å². The van der Waals surface area contributed by atoms with Gasteiger partial charge in [0, 0.05) is 20.1 Å². The van der Waals surface area contributed by atoms with E-state index < -0.39 is 12.2 Å². The Labute approximate surface area is 192 Å². The van der Waals surface area contributed by atoms with Crippen LogP contribution < -0.4 is 5.32 Å². The highest BCUT2D eigenvalue weighted by Crippen LogP contribution is 2.28. The molecule has 0 saturated carbocycles. The van der Waals surface area contributed by atoms with E-state index in [1.807, 2.05) is 44.0 Å². The van der Waals surface area contributed by atoms with Crippen LogP contribution in [0.15, 0.2) is 30.3 Å². The summed E-state index contributed by atoms with van der Waals surface area (Å²) in [5, 5.41) is 6.26. The van der Waals surface area contributed by atoms with Gasteiger partial charge in [-0.3, -0.25) is 19.4 Å². The average molecular weight is 446 g/mol. The zero-order valence-corrected chi connectivity index (χ0v) is 20.2. The zero-order chi connectivity index (χ0) is 23.7. The Morgan fingerprint density at radius 1 is 1.19 bits per heavy atom. The minimum atomic E-state index is -0.464. The van der Waals surface area contributed by atoms with E-state index in [0.717, 1.165) is 25.8 Å². The molecule has 0 spiro atoms. The van der Waals surface area contributed by atoms with E-state index in [1.165, 1.54) is 5.56 Å². The van der Waals surface area contributed by atoms with Crippen LogP contribution in [-0.2, 0) is 20.9 Å².